The summed E-state index contributed by atoms with van der Waals surface area (Å²) in [6.45, 7) is 4.76. The number of carbonyl (C=O) groups is 1. The van der Waals surface area contributed by atoms with Crippen LogP contribution < -0.4 is 10.0 Å². The Bertz CT molecular complexity index is 1550. The number of fused-ring (bicyclic) bond motifs is 1. The van der Waals surface area contributed by atoms with Gasteiger partial charge in [-0.25, -0.2) is 18.2 Å². The number of imidazole rings is 1. The zero-order chi connectivity index (χ0) is 27.5. The Hall–Kier alpha value is -3.44. The summed E-state index contributed by atoms with van der Waals surface area (Å²) in [5.74, 6) is -1.11. The summed E-state index contributed by atoms with van der Waals surface area (Å²) < 4.78 is 30.1. The third-order valence-electron chi connectivity index (χ3n) is 6.31. The molecule has 0 spiro atoms. The van der Waals surface area contributed by atoms with E-state index in [1.807, 2.05) is 18.4 Å². The van der Waals surface area contributed by atoms with Crippen LogP contribution in [0.5, 0.6) is 0 Å². The van der Waals surface area contributed by atoms with E-state index in [-0.39, 0.29) is 22.0 Å². The standard InChI is InChI=1S/C27H29ClN4O5S/c1-27(2,12-13-32-17-29-23-14-20(26(34)35)21(28)15-24(23)32)30-16-25(33)19-10-6-7-11-22(19)31-38(36,37)18-8-4-3-5-9-18/h3-11,14-15,17,25,30-31,33H,12-13,16H2,1-2H3,(H,34,35). The number of carboxylic acid groups (broad SMARTS) is 1. The smallest absolute Gasteiger partial charge is 0.337 e. The van der Waals surface area contributed by atoms with Crippen molar-refractivity contribution in [2.75, 3.05) is 11.3 Å². The van der Waals surface area contributed by atoms with Crippen molar-refractivity contribution in [3.05, 3.63) is 89.2 Å². The van der Waals surface area contributed by atoms with Crippen LogP contribution in [0.25, 0.3) is 11.0 Å². The number of β-amino-alcohol motifs (C(OH)–C–C–N with tert-alkyl or cyclic N) is 1. The van der Waals surface area contributed by atoms with E-state index in [1.165, 1.54) is 18.2 Å². The molecule has 0 aliphatic heterocycles. The fourth-order valence-electron chi connectivity index (χ4n) is 4.08. The third-order valence-corrected chi connectivity index (χ3v) is 8.00. The molecule has 4 N–H and O–H groups in total. The number of benzene rings is 3. The second kappa shape index (κ2) is 11.1. The van der Waals surface area contributed by atoms with Gasteiger partial charge in [0.25, 0.3) is 10.0 Å². The van der Waals surface area contributed by atoms with Crippen LogP contribution in [0.1, 0.15) is 42.3 Å². The minimum atomic E-state index is -3.81. The van der Waals surface area contributed by atoms with E-state index in [9.17, 15) is 23.4 Å². The molecular formula is C27H29ClN4O5S. The highest BCUT2D eigenvalue weighted by molar-refractivity contribution is 7.92. The van der Waals surface area contributed by atoms with Gasteiger partial charge >= 0.3 is 5.97 Å². The number of anilines is 1. The number of aliphatic hydroxyl groups excluding tert-OH is 1. The fourth-order valence-corrected chi connectivity index (χ4v) is 5.42. The first-order valence-electron chi connectivity index (χ1n) is 11.9. The molecule has 0 saturated carbocycles. The Labute approximate surface area is 226 Å². The molecule has 0 aliphatic rings. The Morgan fingerprint density at radius 2 is 1.79 bits per heavy atom. The lowest BCUT2D eigenvalue weighted by Crippen LogP contribution is -2.42. The van der Waals surface area contributed by atoms with Crippen molar-refractivity contribution in [2.24, 2.45) is 0 Å². The van der Waals surface area contributed by atoms with E-state index in [0.29, 0.717) is 29.7 Å². The molecule has 0 bridgehead atoms. The topological polar surface area (TPSA) is 134 Å². The highest BCUT2D eigenvalue weighted by Gasteiger charge is 2.23. The summed E-state index contributed by atoms with van der Waals surface area (Å²) in [5.41, 5.74) is 1.65. The lowest BCUT2D eigenvalue weighted by Gasteiger charge is -2.28. The van der Waals surface area contributed by atoms with Gasteiger partial charge < -0.3 is 20.1 Å². The zero-order valence-electron chi connectivity index (χ0n) is 20.9. The normalized spacial score (nSPS) is 12.9. The van der Waals surface area contributed by atoms with Gasteiger partial charge in [-0.2, -0.15) is 0 Å². The van der Waals surface area contributed by atoms with Crippen LogP contribution in [0.2, 0.25) is 5.02 Å². The van der Waals surface area contributed by atoms with Crippen LogP contribution in [0, 0.1) is 0 Å². The number of hydrogen-bond acceptors (Lipinski definition) is 6. The number of carboxylic acids is 1. The van der Waals surface area contributed by atoms with Crippen molar-refractivity contribution in [3.8, 4) is 0 Å². The highest BCUT2D eigenvalue weighted by atomic mass is 35.5. The highest BCUT2D eigenvalue weighted by Crippen LogP contribution is 2.27. The van der Waals surface area contributed by atoms with E-state index in [2.05, 4.69) is 15.0 Å². The minimum Gasteiger partial charge on any atom is -0.478 e. The van der Waals surface area contributed by atoms with Gasteiger partial charge in [-0.1, -0.05) is 48.0 Å². The molecule has 9 nitrogen and oxygen atoms in total. The Balaban J connectivity index is 1.41. The zero-order valence-corrected chi connectivity index (χ0v) is 22.5. The van der Waals surface area contributed by atoms with Crippen molar-refractivity contribution >= 4 is 44.3 Å². The average Bonchev–Trinajstić information content (AvgIpc) is 3.28. The fraction of sp³-hybridized carbons (Fsp3) is 0.259. The van der Waals surface area contributed by atoms with Crippen LogP contribution in [-0.2, 0) is 16.6 Å². The van der Waals surface area contributed by atoms with E-state index < -0.39 is 27.6 Å². The van der Waals surface area contributed by atoms with Gasteiger partial charge in [-0.05, 0) is 50.6 Å². The first-order valence-corrected chi connectivity index (χ1v) is 13.8. The molecule has 0 aliphatic carbocycles. The van der Waals surface area contributed by atoms with Crippen LogP contribution >= 0.6 is 11.6 Å². The monoisotopic (exact) mass is 556 g/mol. The molecule has 1 atom stereocenters. The van der Waals surface area contributed by atoms with Gasteiger partial charge in [-0.3, -0.25) is 4.72 Å². The van der Waals surface area contributed by atoms with Gasteiger partial charge in [0.05, 0.1) is 44.6 Å². The van der Waals surface area contributed by atoms with Gasteiger partial charge in [0.1, 0.15) is 0 Å². The van der Waals surface area contributed by atoms with Crippen molar-refractivity contribution in [3.63, 3.8) is 0 Å². The number of halogens is 1. The molecule has 0 radical (unpaired) electrons. The Kier molecular flexibility index (Phi) is 8.08. The molecule has 4 aromatic rings. The first kappa shape index (κ1) is 27.6. The second-order valence-electron chi connectivity index (χ2n) is 9.60. The third kappa shape index (κ3) is 6.33. The molecule has 0 saturated heterocycles. The molecule has 0 fully saturated rings. The van der Waals surface area contributed by atoms with E-state index in [1.54, 1.807) is 54.9 Å². The number of aromatic nitrogens is 2. The molecule has 3 aromatic carbocycles. The predicted octanol–water partition coefficient (Wildman–Crippen LogP) is 4.68. The van der Waals surface area contributed by atoms with Crippen LogP contribution in [-0.4, -0.2) is 46.2 Å². The average molecular weight is 557 g/mol. The predicted molar refractivity (Wildman–Crippen MR) is 147 cm³/mol. The summed E-state index contributed by atoms with van der Waals surface area (Å²) in [6, 6.07) is 17.9. The summed E-state index contributed by atoms with van der Waals surface area (Å²) in [7, 11) is -3.81. The SMILES string of the molecule is CC(C)(CCn1cnc2cc(C(=O)O)c(Cl)cc21)NCC(O)c1ccccc1NS(=O)(=O)c1ccccc1. The summed E-state index contributed by atoms with van der Waals surface area (Å²) in [5, 5.41) is 23.7. The van der Waals surface area contributed by atoms with Gasteiger partial charge in [0.15, 0.2) is 0 Å². The van der Waals surface area contributed by atoms with Crippen LogP contribution in [0.4, 0.5) is 5.69 Å². The summed E-state index contributed by atoms with van der Waals surface area (Å²) in [6.07, 6.45) is 1.34. The van der Waals surface area contributed by atoms with Crippen molar-refractivity contribution in [1.29, 1.82) is 0 Å². The number of aromatic carboxylic acids is 1. The largest absolute Gasteiger partial charge is 0.478 e. The second-order valence-corrected chi connectivity index (χ2v) is 11.7. The number of hydrogen-bond donors (Lipinski definition) is 4. The maximum absolute atomic E-state index is 12.8. The number of aliphatic hydroxyl groups is 1. The lowest BCUT2D eigenvalue weighted by molar-refractivity contribution is 0.0697. The Morgan fingerprint density at radius 3 is 2.50 bits per heavy atom. The van der Waals surface area contributed by atoms with Gasteiger partial charge in [0, 0.05) is 24.2 Å². The number of sulfonamides is 1. The first-order chi connectivity index (χ1) is 18.0. The molecule has 38 heavy (non-hydrogen) atoms. The molecule has 0 amide bonds. The minimum absolute atomic E-state index is 0.00624. The van der Waals surface area contributed by atoms with Crippen LogP contribution in [0.3, 0.4) is 0 Å². The molecular weight excluding hydrogens is 528 g/mol. The van der Waals surface area contributed by atoms with Crippen molar-refractivity contribution in [2.45, 2.75) is 43.4 Å². The van der Waals surface area contributed by atoms with E-state index in [0.717, 1.165) is 5.52 Å². The van der Waals surface area contributed by atoms with Gasteiger partial charge in [0.2, 0.25) is 0 Å². The number of para-hydroxylation sites is 1. The molecule has 200 valence electrons. The lowest BCUT2D eigenvalue weighted by atomic mass is 9.99. The maximum atomic E-state index is 12.8. The number of nitrogens with one attached hydrogen (secondary N) is 2. The van der Waals surface area contributed by atoms with Crippen molar-refractivity contribution < 1.29 is 23.4 Å². The van der Waals surface area contributed by atoms with E-state index >= 15 is 0 Å². The van der Waals surface area contributed by atoms with E-state index in [4.69, 9.17) is 11.6 Å². The number of nitrogens with zero attached hydrogens (tertiary/aromatic N) is 2. The molecule has 4 rings (SSSR count). The Morgan fingerprint density at radius 1 is 1.11 bits per heavy atom. The maximum Gasteiger partial charge on any atom is 0.337 e. The summed E-state index contributed by atoms with van der Waals surface area (Å²) in [4.78, 5) is 15.8. The summed E-state index contributed by atoms with van der Waals surface area (Å²) >= 11 is 6.14. The van der Waals surface area contributed by atoms with Crippen LogP contribution in [0.15, 0.2) is 78.0 Å². The van der Waals surface area contributed by atoms with Gasteiger partial charge in [-0.15, -0.1) is 0 Å². The number of aryl methyl sites for hydroxylation is 1. The van der Waals surface area contributed by atoms with Crippen molar-refractivity contribution in [1.82, 2.24) is 14.9 Å². The molecule has 1 heterocycles. The number of rotatable bonds is 11. The molecule has 1 aromatic heterocycles. The quantitative estimate of drug-likeness (QED) is 0.211. The molecule has 1 unspecified atom stereocenters. The molecule has 11 heteroatoms.